The van der Waals surface area contributed by atoms with Crippen LogP contribution in [-0.4, -0.2) is 6.21 Å². The zero-order chi connectivity index (χ0) is 32.4. The zero-order valence-electron chi connectivity index (χ0n) is 27.1. The predicted octanol–water partition coefficient (Wildman–Crippen LogP) is 12.5. The van der Waals surface area contributed by atoms with Crippen LogP contribution in [0, 0.1) is 0 Å². The van der Waals surface area contributed by atoms with E-state index in [9.17, 15) is 0 Å². The van der Waals surface area contributed by atoms with Gasteiger partial charge < -0.3 is 0 Å². The molecule has 47 heavy (non-hydrogen) atoms. The van der Waals surface area contributed by atoms with Crippen LogP contribution in [-0.2, 0) is 0 Å². The summed E-state index contributed by atoms with van der Waals surface area (Å²) in [4.78, 5) is 5.00. The largest absolute Gasteiger partial charge is 0.256 e. The van der Waals surface area contributed by atoms with Crippen LogP contribution in [0.5, 0.6) is 0 Å². The summed E-state index contributed by atoms with van der Waals surface area (Å²) in [5.41, 5.74) is 13.8. The molecular weight excluding hydrogens is 567 g/mol. The summed E-state index contributed by atoms with van der Waals surface area (Å²) in [6.07, 6.45) is 8.26. The molecule has 6 rings (SSSR count). The standard InChI is InChI=1S/C46H39N/c1-4-36(5-2)41-22-15-23-42(29-41)45-31-43(30-44(32-45)39-26-24-38(25-27-39)37-18-11-7-12-19-37)34(3)28-46(40-20-13-8-14-21-40)47-33-35-16-9-6-10-17-35/h4-34H,1H2,2-3H3/b36-5+,46-28-,47-33?. The highest BCUT2D eigenvalue weighted by molar-refractivity contribution is 5.86. The Kier molecular flexibility index (Phi) is 9.95. The fourth-order valence-electron chi connectivity index (χ4n) is 5.85. The van der Waals surface area contributed by atoms with Crippen LogP contribution < -0.4 is 0 Å². The Morgan fingerprint density at radius 3 is 1.72 bits per heavy atom. The van der Waals surface area contributed by atoms with Crippen molar-refractivity contribution < 1.29 is 0 Å². The van der Waals surface area contributed by atoms with Crippen LogP contribution in [0.2, 0.25) is 0 Å². The molecule has 0 saturated carbocycles. The second-order valence-corrected chi connectivity index (χ2v) is 11.7. The first kappa shape index (κ1) is 31.2. The molecule has 1 atom stereocenters. The van der Waals surface area contributed by atoms with Crippen molar-refractivity contribution >= 4 is 17.5 Å². The second-order valence-electron chi connectivity index (χ2n) is 11.7. The van der Waals surface area contributed by atoms with E-state index in [1.165, 1.54) is 38.9 Å². The molecule has 1 unspecified atom stereocenters. The maximum absolute atomic E-state index is 5.00. The molecule has 1 heteroatoms. The fraction of sp³-hybridized carbons (Fsp3) is 0.0652. The summed E-state index contributed by atoms with van der Waals surface area (Å²) < 4.78 is 0. The molecule has 0 aliphatic rings. The lowest BCUT2D eigenvalue weighted by Gasteiger charge is -2.16. The van der Waals surface area contributed by atoms with Crippen LogP contribution in [0.1, 0.15) is 42.0 Å². The normalized spacial score (nSPS) is 12.6. The Hall–Kier alpha value is -5.79. The minimum Gasteiger partial charge on any atom is -0.256 e. The van der Waals surface area contributed by atoms with E-state index in [1.54, 1.807) is 0 Å². The third-order valence-electron chi connectivity index (χ3n) is 8.50. The molecule has 0 amide bonds. The number of rotatable bonds is 10. The molecule has 0 aromatic heterocycles. The maximum Gasteiger partial charge on any atom is 0.0668 e. The van der Waals surface area contributed by atoms with Crippen LogP contribution in [0.4, 0.5) is 0 Å². The quantitative estimate of drug-likeness (QED) is 0.109. The van der Waals surface area contributed by atoms with Gasteiger partial charge in [-0.1, -0.05) is 177 Å². The van der Waals surface area contributed by atoms with Gasteiger partial charge in [0.1, 0.15) is 0 Å². The van der Waals surface area contributed by atoms with Gasteiger partial charge in [0.2, 0.25) is 0 Å². The molecule has 6 aromatic rings. The molecule has 6 aromatic carbocycles. The first-order valence-electron chi connectivity index (χ1n) is 16.2. The molecule has 0 bridgehead atoms. The van der Waals surface area contributed by atoms with Crippen LogP contribution >= 0.6 is 0 Å². The number of nitrogens with zero attached hydrogens (tertiary/aromatic N) is 1. The van der Waals surface area contributed by atoms with Gasteiger partial charge in [0, 0.05) is 12.1 Å². The van der Waals surface area contributed by atoms with E-state index in [2.05, 4.69) is 166 Å². The van der Waals surface area contributed by atoms with Crippen LogP contribution in [0.25, 0.3) is 44.7 Å². The van der Waals surface area contributed by atoms with Gasteiger partial charge in [0.05, 0.1) is 5.70 Å². The summed E-state index contributed by atoms with van der Waals surface area (Å²) in [7, 11) is 0. The lowest BCUT2D eigenvalue weighted by molar-refractivity contribution is 0.968. The van der Waals surface area contributed by atoms with Crippen LogP contribution in [0.15, 0.2) is 188 Å². The monoisotopic (exact) mass is 605 g/mol. The first-order chi connectivity index (χ1) is 23.1. The van der Waals surface area contributed by atoms with Gasteiger partial charge in [0.25, 0.3) is 0 Å². The fourth-order valence-corrected chi connectivity index (χ4v) is 5.85. The Morgan fingerprint density at radius 2 is 1.09 bits per heavy atom. The van der Waals surface area contributed by atoms with E-state index in [1.807, 2.05) is 36.6 Å². The predicted molar refractivity (Wildman–Crippen MR) is 203 cm³/mol. The Labute approximate surface area is 279 Å². The van der Waals surface area contributed by atoms with Crippen molar-refractivity contribution in [3.8, 4) is 33.4 Å². The van der Waals surface area contributed by atoms with Crippen molar-refractivity contribution in [3.63, 3.8) is 0 Å². The van der Waals surface area contributed by atoms with Crippen molar-refractivity contribution in [1.29, 1.82) is 0 Å². The van der Waals surface area contributed by atoms with Crippen LogP contribution in [0.3, 0.4) is 0 Å². The first-order valence-corrected chi connectivity index (χ1v) is 16.2. The third-order valence-corrected chi connectivity index (χ3v) is 8.50. The molecule has 0 heterocycles. The van der Waals surface area contributed by atoms with Gasteiger partial charge in [-0.15, -0.1) is 0 Å². The number of hydrogen-bond acceptors (Lipinski definition) is 1. The lowest BCUT2D eigenvalue weighted by atomic mass is 9.89. The van der Waals surface area contributed by atoms with Crippen molar-refractivity contribution in [2.24, 2.45) is 4.99 Å². The molecule has 1 nitrogen and oxygen atoms in total. The Morgan fingerprint density at radius 1 is 0.553 bits per heavy atom. The number of hydrogen-bond donors (Lipinski definition) is 0. The van der Waals surface area contributed by atoms with Gasteiger partial charge >= 0.3 is 0 Å². The van der Waals surface area contributed by atoms with E-state index in [4.69, 9.17) is 4.99 Å². The molecule has 0 fully saturated rings. The molecule has 0 aliphatic heterocycles. The van der Waals surface area contributed by atoms with Gasteiger partial charge in [-0.05, 0) is 80.3 Å². The van der Waals surface area contributed by atoms with E-state index in [-0.39, 0.29) is 5.92 Å². The summed E-state index contributed by atoms with van der Waals surface area (Å²) in [5, 5.41) is 0. The SMILES string of the molecule is C=C/C(=C\C)c1cccc(-c2cc(-c3ccc(-c4ccccc4)cc3)cc(C(C)/C=C(\N=Cc3ccccc3)c3ccccc3)c2)c1. The maximum atomic E-state index is 5.00. The molecule has 0 N–H and O–H groups in total. The summed E-state index contributed by atoms with van der Waals surface area (Å²) >= 11 is 0. The average molecular weight is 606 g/mol. The zero-order valence-corrected chi connectivity index (χ0v) is 27.1. The van der Waals surface area contributed by atoms with Crippen molar-refractivity contribution in [2.45, 2.75) is 19.8 Å². The topological polar surface area (TPSA) is 12.4 Å². The van der Waals surface area contributed by atoms with Crippen molar-refractivity contribution in [3.05, 3.63) is 205 Å². The van der Waals surface area contributed by atoms with E-state index in [0.29, 0.717) is 0 Å². The smallest absolute Gasteiger partial charge is 0.0668 e. The lowest BCUT2D eigenvalue weighted by Crippen LogP contribution is -1.95. The number of benzene rings is 6. The van der Waals surface area contributed by atoms with Gasteiger partial charge in [-0.3, -0.25) is 4.99 Å². The minimum atomic E-state index is 0.0999. The van der Waals surface area contributed by atoms with Gasteiger partial charge in [0.15, 0.2) is 0 Å². The third kappa shape index (κ3) is 7.72. The molecule has 0 aliphatic carbocycles. The molecule has 228 valence electrons. The summed E-state index contributed by atoms with van der Waals surface area (Å²) in [6, 6.07) is 55.8. The van der Waals surface area contributed by atoms with E-state index < -0.39 is 0 Å². The average Bonchev–Trinajstić information content (AvgIpc) is 3.15. The second kappa shape index (κ2) is 15.0. The highest BCUT2D eigenvalue weighted by atomic mass is 14.7. The molecular formula is C46H39N. The van der Waals surface area contributed by atoms with E-state index >= 15 is 0 Å². The Bertz CT molecular complexity index is 2030. The van der Waals surface area contributed by atoms with Crippen molar-refractivity contribution in [2.75, 3.05) is 0 Å². The molecule has 0 saturated heterocycles. The van der Waals surface area contributed by atoms with E-state index in [0.717, 1.165) is 28.0 Å². The van der Waals surface area contributed by atoms with Gasteiger partial charge in [-0.25, -0.2) is 0 Å². The number of aliphatic imine (C=N–C) groups is 1. The number of allylic oxidation sites excluding steroid dienone is 4. The summed E-state index contributed by atoms with van der Waals surface area (Å²) in [5.74, 6) is 0.0999. The molecule has 0 radical (unpaired) electrons. The van der Waals surface area contributed by atoms with Crippen molar-refractivity contribution in [1.82, 2.24) is 0 Å². The highest BCUT2D eigenvalue weighted by Gasteiger charge is 2.13. The summed E-state index contributed by atoms with van der Waals surface area (Å²) in [6.45, 7) is 8.35. The molecule has 0 spiro atoms. The highest BCUT2D eigenvalue weighted by Crippen LogP contribution is 2.35. The van der Waals surface area contributed by atoms with Gasteiger partial charge in [-0.2, -0.15) is 0 Å². The Balaban J connectivity index is 1.45. The minimum absolute atomic E-state index is 0.0999.